The predicted molar refractivity (Wildman–Crippen MR) is 145 cm³/mol. The van der Waals surface area contributed by atoms with Crippen LogP contribution in [0.15, 0.2) is 36.5 Å². The molecule has 0 amide bonds. The van der Waals surface area contributed by atoms with Crippen LogP contribution in [0.25, 0.3) is 0 Å². The predicted octanol–water partition coefficient (Wildman–Crippen LogP) is 1.78. The summed E-state index contributed by atoms with van der Waals surface area (Å²) in [5, 5.41) is 49.1. The van der Waals surface area contributed by atoms with Gasteiger partial charge in [-0.05, 0) is 50.5 Å². The van der Waals surface area contributed by atoms with Crippen LogP contribution in [0.5, 0.6) is 0 Å². The molecule has 1 saturated carbocycles. The summed E-state index contributed by atoms with van der Waals surface area (Å²) >= 11 is 0. The molecular weight excluding hydrogens is 500 g/mol. The lowest BCUT2D eigenvalue weighted by Crippen LogP contribution is -2.62. The van der Waals surface area contributed by atoms with Crippen LogP contribution in [0.2, 0.25) is 0 Å². The summed E-state index contributed by atoms with van der Waals surface area (Å²) in [7, 11) is 0. The summed E-state index contributed by atoms with van der Waals surface area (Å²) in [4.78, 5) is 0. The van der Waals surface area contributed by atoms with E-state index in [0.29, 0.717) is 19.6 Å². The number of aromatic nitrogens is 3. The van der Waals surface area contributed by atoms with E-state index in [2.05, 4.69) is 50.1 Å². The summed E-state index contributed by atoms with van der Waals surface area (Å²) in [6.45, 7) is 9.08. The van der Waals surface area contributed by atoms with E-state index in [9.17, 15) is 20.4 Å². The Morgan fingerprint density at radius 3 is 2.56 bits per heavy atom. The van der Waals surface area contributed by atoms with E-state index in [4.69, 9.17) is 15.2 Å². The Hall–Kier alpha value is -1.92. The van der Waals surface area contributed by atoms with Crippen molar-refractivity contribution in [3.63, 3.8) is 0 Å². The molecule has 1 aromatic carbocycles. The third kappa shape index (κ3) is 7.05. The molecule has 1 aliphatic carbocycles. The van der Waals surface area contributed by atoms with Gasteiger partial charge in [-0.3, -0.25) is 4.68 Å². The van der Waals surface area contributed by atoms with Crippen LogP contribution in [0, 0.1) is 17.3 Å². The number of aliphatic hydroxyl groups excluding tert-OH is 3. The van der Waals surface area contributed by atoms with Crippen LogP contribution >= 0.6 is 0 Å². The standard InChI is InChI=1S/C29H46N4O6/c1-27(2,12-8-11-23-24-26(36)25(35)22(16-34)29(24,37)39-23)18-28(3,4)38-17-21-15-33(32-31-21)14-20(30)13-19-9-6-5-7-10-19/h5-7,9-10,15,20,22-26,34-37H,8,11-14,16-18,30H2,1-4H3. The topological polar surface area (TPSA) is 156 Å². The van der Waals surface area contributed by atoms with Crippen molar-refractivity contribution in [2.75, 3.05) is 6.61 Å². The van der Waals surface area contributed by atoms with Crippen molar-refractivity contribution >= 4 is 0 Å². The molecule has 4 rings (SSSR count). The molecule has 2 fully saturated rings. The first-order chi connectivity index (χ1) is 18.3. The van der Waals surface area contributed by atoms with Crippen molar-refractivity contribution < 1.29 is 29.9 Å². The minimum atomic E-state index is -1.64. The first kappa shape index (κ1) is 30.0. The van der Waals surface area contributed by atoms with Crippen molar-refractivity contribution in [3.05, 3.63) is 47.8 Å². The SMILES string of the molecule is CC(C)(CCCC1OC2(O)C(CO)C(O)C(O)C12)CC(C)(C)OCc1cn(CC(N)Cc2ccccc2)nn1. The Morgan fingerprint density at radius 2 is 1.87 bits per heavy atom. The molecule has 218 valence electrons. The van der Waals surface area contributed by atoms with Gasteiger partial charge < -0.3 is 35.6 Å². The van der Waals surface area contributed by atoms with E-state index in [1.807, 2.05) is 24.4 Å². The summed E-state index contributed by atoms with van der Waals surface area (Å²) in [5.41, 5.74) is 7.87. The minimum Gasteiger partial charge on any atom is -0.396 e. The Kier molecular flexibility index (Phi) is 9.17. The van der Waals surface area contributed by atoms with Gasteiger partial charge in [0.1, 0.15) is 5.69 Å². The summed E-state index contributed by atoms with van der Waals surface area (Å²) in [6, 6.07) is 10.1. The van der Waals surface area contributed by atoms with E-state index in [-0.39, 0.29) is 23.2 Å². The average Bonchev–Trinajstić information content (AvgIpc) is 3.34. The normalized spacial score (nSPS) is 29.7. The molecule has 10 heteroatoms. The number of hydrogen-bond acceptors (Lipinski definition) is 9. The Labute approximate surface area is 231 Å². The maximum atomic E-state index is 10.7. The molecule has 2 heterocycles. The summed E-state index contributed by atoms with van der Waals surface area (Å²) in [5.74, 6) is -3.09. The Bertz CT molecular complexity index is 1060. The van der Waals surface area contributed by atoms with Gasteiger partial charge >= 0.3 is 0 Å². The van der Waals surface area contributed by atoms with Gasteiger partial charge in [0.15, 0.2) is 5.79 Å². The highest BCUT2D eigenvalue weighted by Crippen LogP contribution is 2.54. The molecule has 10 nitrogen and oxygen atoms in total. The van der Waals surface area contributed by atoms with E-state index in [1.54, 1.807) is 4.68 Å². The van der Waals surface area contributed by atoms with Crippen LogP contribution in [-0.4, -0.2) is 77.8 Å². The van der Waals surface area contributed by atoms with Gasteiger partial charge in [-0.15, -0.1) is 5.10 Å². The maximum Gasteiger partial charge on any atom is 0.181 e. The second kappa shape index (κ2) is 11.9. The van der Waals surface area contributed by atoms with Gasteiger partial charge in [-0.25, -0.2) is 0 Å². The molecule has 1 aliphatic heterocycles. The molecule has 1 saturated heterocycles. The van der Waals surface area contributed by atoms with Gasteiger partial charge in [-0.1, -0.05) is 55.8 Å². The molecule has 1 aromatic heterocycles. The van der Waals surface area contributed by atoms with Crippen LogP contribution in [0.3, 0.4) is 0 Å². The second-order valence-corrected chi connectivity index (χ2v) is 12.9. The van der Waals surface area contributed by atoms with Crippen molar-refractivity contribution in [2.24, 2.45) is 23.0 Å². The number of rotatable bonds is 14. The number of nitrogens with zero attached hydrogens (tertiary/aromatic N) is 3. The highest BCUT2D eigenvalue weighted by molar-refractivity contribution is 5.15. The van der Waals surface area contributed by atoms with Gasteiger partial charge in [0, 0.05) is 6.04 Å². The number of fused-ring (bicyclic) bond motifs is 1. The molecule has 0 bridgehead atoms. The van der Waals surface area contributed by atoms with Crippen molar-refractivity contribution in [2.45, 2.75) is 109 Å². The average molecular weight is 547 g/mol. The van der Waals surface area contributed by atoms with E-state index >= 15 is 0 Å². The van der Waals surface area contributed by atoms with Gasteiger partial charge in [0.25, 0.3) is 0 Å². The van der Waals surface area contributed by atoms with Crippen molar-refractivity contribution in [1.29, 1.82) is 0 Å². The number of ether oxygens (including phenoxy) is 2. The molecule has 6 N–H and O–H groups in total. The zero-order chi connectivity index (χ0) is 28.4. The quantitative estimate of drug-likeness (QED) is 0.238. The fourth-order valence-electron chi connectivity index (χ4n) is 6.62. The number of nitrogens with two attached hydrogens (primary N) is 1. The monoisotopic (exact) mass is 546 g/mol. The smallest absolute Gasteiger partial charge is 0.181 e. The number of aliphatic hydroxyl groups is 4. The lowest BCUT2D eigenvalue weighted by Gasteiger charge is -2.50. The molecule has 2 aliphatic rings. The van der Waals surface area contributed by atoms with Crippen LogP contribution < -0.4 is 5.73 Å². The third-order valence-electron chi connectivity index (χ3n) is 8.28. The Morgan fingerprint density at radius 1 is 1.15 bits per heavy atom. The number of hydrogen-bond donors (Lipinski definition) is 5. The first-order valence-electron chi connectivity index (χ1n) is 14.0. The highest BCUT2D eigenvalue weighted by Gasteiger charge is 2.69. The molecular formula is C29H46N4O6. The largest absolute Gasteiger partial charge is 0.396 e. The van der Waals surface area contributed by atoms with Gasteiger partial charge in [0.05, 0.1) is 61.7 Å². The van der Waals surface area contributed by atoms with Gasteiger partial charge in [-0.2, -0.15) is 0 Å². The fourth-order valence-corrected chi connectivity index (χ4v) is 6.62. The Balaban J connectivity index is 1.19. The molecule has 7 atom stereocenters. The molecule has 2 aromatic rings. The van der Waals surface area contributed by atoms with E-state index in [0.717, 1.165) is 31.4 Å². The van der Waals surface area contributed by atoms with Crippen LogP contribution in [-0.2, 0) is 29.0 Å². The zero-order valence-electron chi connectivity index (χ0n) is 23.6. The lowest BCUT2D eigenvalue weighted by molar-refractivity contribution is -0.381. The van der Waals surface area contributed by atoms with Crippen LogP contribution in [0.4, 0.5) is 0 Å². The minimum absolute atomic E-state index is 0.0210. The number of benzene rings is 1. The summed E-state index contributed by atoms with van der Waals surface area (Å²) in [6.07, 6.45) is 3.28. The van der Waals surface area contributed by atoms with Crippen molar-refractivity contribution in [1.82, 2.24) is 15.0 Å². The van der Waals surface area contributed by atoms with Gasteiger partial charge in [0.2, 0.25) is 0 Å². The van der Waals surface area contributed by atoms with Crippen LogP contribution in [0.1, 0.15) is 64.6 Å². The molecule has 39 heavy (non-hydrogen) atoms. The second-order valence-electron chi connectivity index (χ2n) is 12.9. The maximum absolute atomic E-state index is 10.7. The fraction of sp³-hybridized carbons (Fsp3) is 0.724. The molecule has 0 radical (unpaired) electrons. The van der Waals surface area contributed by atoms with E-state index < -0.39 is 36.4 Å². The summed E-state index contributed by atoms with van der Waals surface area (Å²) < 4.78 is 13.7. The third-order valence-corrected chi connectivity index (χ3v) is 8.28. The lowest BCUT2D eigenvalue weighted by atomic mass is 9.76. The van der Waals surface area contributed by atoms with Crippen molar-refractivity contribution in [3.8, 4) is 0 Å². The highest BCUT2D eigenvalue weighted by atomic mass is 16.7. The molecule has 0 spiro atoms. The van der Waals surface area contributed by atoms with E-state index in [1.165, 1.54) is 5.56 Å². The first-order valence-corrected chi connectivity index (χ1v) is 14.0. The zero-order valence-corrected chi connectivity index (χ0v) is 23.6. The molecule has 7 unspecified atom stereocenters.